The van der Waals surface area contributed by atoms with Crippen molar-refractivity contribution >= 4 is 49.1 Å². The molecule has 120 valence electrons. The van der Waals surface area contributed by atoms with E-state index in [1.165, 1.54) is 9.71 Å². The monoisotopic (exact) mass is 410 g/mol. The molecule has 0 aliphatic carbocycles. The van der Waals surface area contributed by atoms with Gasteiger partial charge in [0.1, 0.15) is 0 Å². The topological polar surface area (TPSA) is 34.0 Å². The molecule has 23 heavy (non-hydrogen) atoms. The molecule has 3 aromatic rings. The van der Waals surface area contributed by atoms with E-state index in [2.05, 4.69) is 32.0 Å². The van der Waals surface area contributed by atoms with Crippen LogP contribution < -0.4 is 0 Å². The van der Waals surface area contributed by atoms with E-state index in [1.54, 1.807) is 0 Å². The van der Waals surface area contributed by atoms with Gasteiger partial charge in [0.05, 0.1) is 32.6 Å². The number of piperidine rings is 1. The molecule has 0 unspecified atom stereocenters. The third-order valence-electron chi connectivity index (χ3n) is 4.25. The highest BCUT2D eigenvalue weighted by Gasteiger charge is 2.23. The number of fused-ring (bicyclic) bond motifs is 1. The highest BCUT2D eigenvalue weighted by atomic mass is 79.9. The molecule has 1 aromatic carbocycles. The van der Waals surface area contributed by atoms with E-state index < -0.39 is 0 Å². The minimum absolute atomic E-state index is 0.562. The maximum atomic E-state index is 6.06. The van der Waals surface area contributed by atoms with Crippen LogP contribution in [0.5, 0.6) is 0 Å². The van der Waals surface area contributed by atoms with Crippen LogP contribution in [0.4, 0.5) is 0 Å². The van der Waals surface area contributed by atoms with Crippen molar-refractivity contribution in [2.75, 3.05) is 13.1 Å². The van der Waals surface area contributed by atoms with Gasteiger partial charge in [0.25, 0.3) is 0 Å². The summed E-state index contributed by atoms with van der Waals surface area (Å²) >= 11 is 11.3. The summed E-state index contributed by atoms with van der Waals surface area (Å²) in [5.41, 5.74) is 1.03. The minimum atomic E-state index is 0.562. The highest BCUT2D eigenvalue weighted by Crippen LogP contribution is 2.34. The van der Waals surface area contributed by atoms with Gasteiger partial charge >= 0.3 is 0 Å². The van der Waals surface area contributed by atoms with Crippen LogP contribution in [0.25, 0.3) is 10.2 Å². The molecule has 0 N–H and O–H groups in total. The van der Waals surface area contributed by atoms with E-state index in [0.717, 1.165) is 47.6 Å². The number of halogens is 2. The summed E-state index contributed by atoms with van der Waals surface area (Å²) in [5, 5.41) is 6.34. The van der Waals surface area contributed by atoms with Gasteiger partial charge in [0, 0.05) is 30.2 Å². The summed E-state index contributed by atoms with van der Waals surface area (Å²) in [6, 6.07) is 5.97. The highest BCUT2D eigenvalue weighted by molar-refractivity contribution is 9.10. The molecule has 1 saturated heterocycles. The first-order valence-corrected chi connectivity index (χ1v) is 9.62. The van der Waals surface area contributed by atoms with Gasteiger partial charge in [0.15, 0.2) is 0 Å². The standard InChI is InChI=1S/C16H16BrClN4S/c17-12-8-19-22(9-12)10-21-5-3-11(4-6-21)16-20-14-7-13(18)1-2-15(14)23-16/h1-2,7-9,11H,3-6,10H2. The lowest BCUT2D eigenvalue weighted by Crippen LogP contribution is -2.34. The van der Waals surface area contributed by atoms with E-state index in [-0.39, 0.29) is 0 Å². The summed E-state index contributed by atoms with van der Waals surface area (Å²) in [5.74, 6) is 0.562. The fraction of sp³-hybridized carbons (Fsp3) is 0.375. The Morgan fingerprint density at radius 2 is 2.13 bits per heavy atom. The molecule has 0 spiro atoms. The molecule has 4 rings (SSSR count). The van der Waals surface area contributed by atoms with Gasteiger partial charge in [0.2, 0.25) is 0 Å². The van der Waals surface area contributed by atoms with E-state index in [4.69, 9.17) is 16.6 Å². The average molecular weight is 412 g/mol. The Labute approximate surface area is 152 Å². The van der Waals surface area contributed by atoms with Crippen LogP contribution in [0, 0.1) is 0 Å². The van der Waals surface area contributed by atoms with E-state index >= 15 is 0 Å². The third kappa shape index (κ3) is 3.45. The lowest BCUT2D eigenvalue weighted by atomic mass is 9.98. The molecule has 0 bridgehead atoms. The van der Waals surface area contributed by atoms with Crippen molar-refractivity contribution in [3.8, 4) is 0 Å². The number of rotatable bonds is 3. The van der Waals surface area contributed by atoms with Crippen LogP contribution in [0.2, 0.25) is 5.02 Å². The number of hydrogen-bond acceptors (Lipinski definition) is 4. The lowest BCUT2D eigenvalue weighted by Gasteiger charge is -2.30. The van der Waals surface area contributed by atoms with Gasteiger partial charge < -0.3 is 0 Å². The largest absolute Gasteiger partial charge is 0.284 e. The van der Waals surface area contributed by atoms with Gasteiger partial charge in [-0.05, 0) is 47.0 Å². The number of hydrogen-bond donors (Lipinski definition) is 0. The predicted molar refractivity (Wildman–Crippen MR) is 98.1 cm³/mol. The second-order valence-electron chi connectivity index (χ2n) is 5.90. The third-order valence-corrected chi connectivity index (χ3v) is 6.09. The normalized spacial score (nSPS) is 17.1. The van der Waals surface area contributed by atoms with Gasteiger partial charge in [-0.15, -0.1) is 11.3 Å². The van der Waals surface area contributed by atoms with Crippen molar-refractivity contribution < 1.29 is 0 Å². The quantitative estimate of drug-likeness (QED) is 0.624. The number of thiazole rings is 1. The van der Waals surface area contributed by atoms with Crippen LogP contribution in [0.3, 0.4) is 0 Å². The Morgan fingerprint density at radius 3 is 2.87 bits per heavy atom. The maximum Gasteiger partial charge on any atom is 0.0970 e. The summed E-state index contributed by atoms with van der Waals surface area (Å²) in [7, 11) is 0. The molecule has 4 nitrogen and oxygen atoms in total. The van der Waals surface area contributed by atoms with Crippen LogP contribution in [0.1, 0.15) is 23.8 Å². The number of likely N-dealkylation sites (tertiary alicyclic amines) is 1. The molecule has 3 heterocycles. The Hall–Kier alpha value is -0.950. The van der Waals surface area contributed by atoms with Crippen molar-refractivity contribution in [3.63, 3.8) is 0 Å². The summed E-state index contributed by atoms with van der Waals surface area (Å²) in [6.45, 7) is 3.02. The zero-order valence-electron chi connectivity index (χ0n) is 12.5. The molecule has 0 atom stereocenters. The lowest BCUT2D eigenvalue weighted by molar-refractivity contribution is 0.161. The van der Waals surface area contributed by atoms with Crippen molar-refractivity contribution in [2.24, 2.45) is 0 Å². The predicted octanol–water partition coefficient (Wildman–Crippen LogP) is 4.75. The SMILES string of the molecule is Clc1ccc2sc(C3CCN(Cn4cc(Br)cn4)CC3)nc2c1. The Kier molecular flexibility index (Phi) is 4.41. The Bertz CT molecular complexity index is 822. The van der Waals surface area contributed by atoms with Crippen LogP contribution >= 0.6 is 38.9 Å². The zero-order valence-corrected chi connectivity index (χ0v) is 15.6. The van der Waals surface area contributed by atoms with E-state index in [0.29, 0.717) is 5.92 Å². The van der Waals surface area contributed by atoms with Crippen molar-refractivity contribution in [2.45, 2.75) is 25.4 Å². The summed E-state index contributed by atoms with van der Waals surface area (Å²) in [6.07, 6.45) is 6.15. The Morgan fingerprint density at radius 1 is 1.30 bits per heavy atom. The van der Waals surface area contributed by atoms with Gasteiger partial charge in [-0.1, -0.05) is 11.6 Å². The minimum Gasteiger partial charge on any atom is -0.284 e. The second-order valence-corrected chi connectivity index (χ2v) is 8.31. The molecular formula is C16H16BrClN4S. The fourth-order valence-corrected chi connectivity index (χ4v) is 4.65. The van der Waals surface area contributed by atoms with E-state index in [1.807, 2.05) is 40.5 Å². The van der Waals surface area contributed by atoms with Crippen LogP contribution in [-0.4, -0.2) is 32.8 Å². The van der Waals surface area contributed by atoms with Crippen molar-refractivity contribution in [3.05, 3.63) is 45.1 Å². The average Bonchev–Trinajstić information content (AvgIpc) is 3.14. The first kappa shape index (κ1) is 15.6. The van der Waals surface area contributed by atoms with Gasteiger partial charge in [-0.25, -0.2) is 4.98 Å². The number of aromatic nitrogens is 3. The summed E-state index contributed by atoms with van der Waals surface area (Å²) < 4.78 is 4.23. The van der Waals surface area contributed by atoms with Crippen molar-refractivity contribution in [1.82, 2.24) is 19.7 Å². The molecular weight excluding hydrogens is 396 g/mol. The van der Waals surface area contributed by atoms with Gasteiger partial charge in [-0.3, -0.25) is 9.58 Å². The molecule has 0 radical (unpaired) electrons. The molecule has 1 aliphatic rings. The van der Waals surface area contributed by atoms with Crippen LogP contribution in [-0.2, 0) is 6.67 Å². The first-order valence-electron chi connectivity index (χ1n) is 7.64. The molecule has 7 heteroatoms. The first-order chi connectivity index (χ1) is 11.2. The molecule has 1 fully saturated rings. The number of benzene rings is 1. The summed E-state index contributed by atoms with van der Waals surface area (Å²) in [4.78, 5) is 7.25. The van der Waals surface area contributed by atoms with E-state index in [9.17, 15) is 0 Å². The van der Waals surface area contributed by atoms with Gasteiger partial charge in [-0.2, -0.15) is 5.10 Å². The zero-order chi connectivity index (χ0) is 15.8. The fourth-order valence-electron chi connectivity index (χ4n) is 3.03. The second kappa shape index (κ2) is 6.51. The molecule has 0 saturated carbocycles. The maximum absolute atomic E-state index is 6.06. The smallest absolute Gasteiger partial charge is 0.0970 e. The molecule has 0 amide bonds. The molecule has 1 aliphatic heterocycles. The molecule has 2 aromatic heterocycles. The van der Waals surface area contributed by atoms with Crippen molar-refractivity contribution in [1.29, 1.82) is 0 Å². The van der Waals surface area contributed by atoms with Crippen LogP contribution in [0.15, 0.2) is 35.1 Å². The Balaban J connectivity index is 1.42. The number of nitrogens with zero attached hydrogens (tertiary/aromatic N) is 4.